The largest absolute Gasteiger partial charge is 0.497 e. The Bertz CT molecular complexity index is 1020. The molecule has 0 saturated heterocycles. The third-order valence-electron chi connectivity index (χ3n) is 4.40. The maximum atomic E-state index is 12.6. The van der Waals surface area contributed by atoms with Crippen molar-refractivity contribution in [1.29, 1.82) is 0 Å². The molecule has 0 saturated carbocycles. The first-order valence-corrected chi connectivity index (χ1v) is 9.81. The Morgan fingerprint density at radius 2 is 1.67 bits per heavy atom. The Morgan fingerprint density at radius 3 is 2.30 bits per heavy atom. The molecule has 0 unspecified atom stereocenters. The van der Waals surface area contributed by atoms with Crippen molar-refractivity contribution in [3.05, 3.63) is 78.0 Å². The maximum absolute atomic E-state index is 12.6. The second kappa shape index (κ2) is 13.4. The van der Waals surface area contributed by atoms with Gasteiger partial charge in [-0.2, -0.15) is 8.78 Å². The normalized spacial score (nSPS) is 10.9. The summed E-state index contributed by atoms with van der Waals surface area (Å²) in [5.41, 5.74) is 1.51. The molecule has 0 radical (unpaired) electrons. The van der Waals surface area contributed by atoms with E-state index in [0.29, 0.717) is 29.7 Å². The lowest BCUT2D eigenvalue weighted by Gasteiger charge is -2.14. The van der Waals surface area contributed by atoms with Crippen LogP contribution in [-0.4, -0.2) is 31.7 Å². The summed E-state index contributed by atoms with van der Waals surface area (Å²) < 4.78 is 40.5. The van der Waals surface area contributed by atoms with Crippen LogP contribution in [0.5, 0.6) is 23.1 Å². The number of pyridine rings is 1. The van der Waals surface area contributed by atoms with Gasteiger partial charge in [-0.1, -0.05) is 24.3 Å². The van der Waals surface area contributed by atoms with E-state index >= 15 is 0 Å². The fourth-order valence-corrected chi connectivity index (χ4v) is 2.79. The van der Waals surface area contributed by atoms with Crippen LogP contribution >= 0.6 is 24.0 Å². The zero-order valence-corrected chi connectivity index (χ0v) is 20.5. The molecule has 7 nitrogen and oxygen atoms in total. The number of aliphatic imine (C=N–C) groups is 1. The summed E-state index contributed by atoms with van der Waals surface area (Å²) in [6.07, 6.45) is 1.70. The lowest BCUT2D eigenvalue weighted by atomic mass is 10.2. The van der Waals surface area contributed by atoms with Gasteiger partial charge in [0.1, 0.15) is 17.2 Å². The van der Waals surface area contributed by atoms with Crippen LogP contribution in [-0.2, 0) is 13.1 Å². The molecule has 2 aromatic carbocycles. The van der Waals surface area contributed by atoms with Crippen molar-refractivity contribution >= 4 is 29.9 Å². The van der Waals surface area contributed by atoms with Gasteiger partial charge in [-0.15, -0.1) is 24.0 Å². The SMILES string of the molecule is CN=C(NCc1ccc(Oc2ccc(OC)cc2)nc1)NCc1ccccc1OC(F)F.I. The van der Waals surface area contributed by atoms with Gasteiger partial charge in [0.15, 0.2) is 5.96 Å². The van der Waals surface area contributed by atoms with Crippen LogP contribution in [0.25, 0.3) is 0 Å². The zero-order chi connectivity index (χ0) is 22.8. The molecule has 0 atom stereocenters. The Hall–Kier alpha value is -3.15. The Labute approximate surface area is 208 Å². The van der Waals surface area contributed by atoms with Gasteiger partial charge < -0.3 is 24.8 Å². The number of guanidine groups is 1. The van der Waals surface area contributed by atoms with Crippen LogP contribution in [0.3, 0.4) is 0 Å². The van der Waals surface area contributed by atoms with E-state index in [9.17, 15) is 8.78 Å². The number of hydrogen-bond donors (Lipinski definition) is 2. The zero-order valence-electron chi connectivity index (χ0n) is 18.1. The van der Waals surface area contributed by atoms with Gasteiger partial charge >= 0.3 is 6.61 Å². The number of nitrogens with one attached hydrogen (secondary N) is 2. The van der Waals surface area contributed by atoms with Gasteiger partial charge in [-0.25, -0.2) is 4.98 Å². The highest BCUT2D eigenvalue weighted by Gasteiger charge is 2.09. The van der Waals surface area contributed by atoms with Crippen molar-refractivity contribution in [3.8, 4) is 23.1 Å². The van der Waals surface area contributed by atoms with E-state index < -0.39 is 6.61 Å². The highest BCUT2D eigenvalue weighted by molar-refractivity contribution is 14.0. The Morgan fingerprint density at radius 1 is 0.970 bits per heavy atom. The number of aromatic nitrogens is 1. The predicted molar refractivity (Wildman–Crippen MR) is 133 cm³/mol. The van der Waals surface area contributed by atoms with Crippen LogP contribution in [0, 0.1) is 0 Å². The number of nitrogens with zero attached hydrogens (tertiary/aromatic N) is 2. The molecule has 33 heavy (non-hydrogen) atoms. The quantitative estimate of drug-likeness (QED) is 0.215. The van der Waals surface area contributed by atoms with E-state index in [1.54, 1.807) is 56.8 Å². The fraction of sp³-hybridized carbons (Fsp3) is 0.217. The molecule has 0 spiro atoms. The molecule has 0 bridgehead atoms. The van der Waals surface area contributed by atoms with Crippen molar-refractivity contribution in [2.75, 3.05) is 14.2 Å². The van der Waals surface area contributed by atoms with Gasteiger partial charge in [0.2, 0.25) is 5.88 Å². The summed E-state index contributed by atoms with van der Waals surface area (Å²) in [6, 6.07) is 17.5. The highest BCUT2D eigenvalue weighted by atomic mass is 127. The molecule has 3 aromatic rings. The van der Waals surface area contributed by atoms with Gasteiger partial charge in [0.05, 0.1) is 7.11 Å². The van der Waals surface area contributed by atoms with E-state index in [4.69, 9.17) is 9.47 Å². The smallest absolute Gasteiger partial charge is 0.387 e. The summed E-state index contributed by atoms with van der Waals surface area (Å²) in [6.45, 7) is -2.14. The summed E-state index contributed by atoms with van der Waals surface area (Å²) in [5, 5.41) is 6.23. The minimum Gasteiger partial charge on any atom is -0.497 e. The van der Waals surface area contributed by atoms with Crippen LogP contribution in [0.15, 0.2) is 71.9 Å². The maximum Gasteiger partial charge on any atom is 0.387 e. The first kappa shape index (κ1) is 26.1. The third kappa shape index (κ3) is 8.37. The lowest BCUT2D eigenvalue weighted by molar-refractivity contribution is -0.0504. The summed E-state index contributed by atoms with van der Waals surface area (Å²) >= 11 is 0. The van der Waals surface area contributed by atoms with Crippen molar-refractivity contribution in [2.24, 2.45) is 4.99 Å². The van der Waals surface area contributed by atoms with Crippen molar-refractivity contribution < 1.29 is 23.0 Å². The average molecular weight is 570 g/mol. The van der Waals surface area contributed by atoms with Crippen molar-refractivity contribution in [2.45, 2.75) is 19.7 Å². The number of hydrogen-bond acceptors (Lipinski definition) is 5. The molecular formula is C23H25F2IN4O3. The monoisotopic (exact) mass is 570 g/mol. The summed E-state index contributed by atoms with van der Waals surface area (Å²) in [4.78, 5) is 8.46. The topological polar surface area (TPSA) is 77.0 Å². The summed E-state index contributed by atoms with van der Waals surface area (Å²) in [7, 11) is 3.23. The molecule has 0 aliphatic rings. The summed E-state index contributed by atoms with van der Waals surface area (Å²) in [5.74, 6) is 2.51. The molecule has 0 fully saturated rings. The van der Waals surface area contributed by atoms with Gasteiger partial charge in [-0.05, 0) is 35.9 Å². The number of alkyl halides is 2. The van der Waals surface area contributed by atoms with Crippen molar-refractivity contribution in [3.63, 3.8) is 0 Å². The Balaban J connectivity index is 0.00000385. The predicted octanol–water partition coefficient (Wildman–Crippen LogP) is 4.97. The van der Waals surface area contributed by atoms with E-state index in [0.717, 1.165) is 11.3 Å². The average Bonchev–Trinajstić information content (AvgIpc) is 2.81. The van der Waals surface area contributed by atoms with Gasteiger partial charge in [0.25, 0.3) is 0 Å². The molecule has 0 aliphatic heterocycles. The molecular weight excluding hydrogens is 545 g/mol. The first-order valence-electron chi connectivity index (χ1n) is 9.81. The van der Waals surface area contributed by atoms with E-state index in [2.05, 4.69) is 25.3 Å². The molecule has 176 valence electrons. The third-order valence-corrected chi connectivity index (χ3v) is 4.40. The minimum absolute atomic E-state index is 0. The number of methoxy groups -OCH3 is 1. The van der Waals surface area contributed by atoms with Crippen LogP contribution in [0.2, 0.25) is 0 Å². The molecule has 10 heteroatoms. The molecule has 0 amide bonds. The van der Waals surface area contributed by atoms with E-state index in [-0.39, 0.29) is 36.3 Å². The van der Waals surface area contributed by atoms with Crippen LogP contribution in [0.4, 0.5) is 8.78 Å². The number of benzene rings is 2. The number of halogens is 3. The number of ether oxygens (including phenoxy) is 3. The molecule has 3 rings (SSSR count). The minimum atomic E-state index is -2.88. The molecule has 1 aromatic heterocycles. The second-order valence-corrected chi connectivity index (χ2v) is 6.55. The van der Waals surface area contributed by atoms with Gasteiger partial charge in [0, 0.05) is 38.0 Å². The number of para-hydroxylation sites is 1. The van der Waals surface area contributed by atoms with Gasteiger partial charge in [-0.3, -0.25) is 4.99 Å². The molecule has 2 N–H and O–H groups in total. The molecule has 1 heterocycles. The van der Waals surface area contributed by atoms with Crippen LogP contribution in [0.1, 0.15) is 11.1 Å². The Kier molecular flexibility index (Phi) is 10.6. The van der Waals surface area contributed by atoms with Crippen LogP contribution < -0.4 is 24.8 Å². The standard InChI is InChI=1S/C23H24F2N4O3.HI/c1-26-23(29-15-17-5-3-4-6-20(17)32-22(24)25)28-14-16-7-12-21(27-13-16)31-19-10-8-18(30-2)9-11-19;/h3-13,22H,14-15H2,1-2H3,(H2,26,28,29);1H. The fourth-order valence-electron chi connectivity index (χ4n) is 2.79. The molecule has 0 aliphatic carbocycles. The second-order valence-electron chi connectivity index (χ2n) is 6.55. The lowest BCUT2D eigenvalue weighted by Crippen LogP contribution is -2.36. The highest BCUT2D eigenvalue weighted by Crippen LogP contribution is 2.22. The van der Waals surface area contributed by atoms with Crippen molar-refractivity contribution in [1.82, 2.24) is 15.6 Å². The van der Waals surface area contributed by atoms with E-state index in [1.807, 2.05) is 18.2 Å². The first-order chi connectivity index (χ1) is 15.6. The van der Waals surface area contributed by atoms with E-state index in [1.165, 1.54) is 6.07 Å². The number of rotatable bonds is 9.